The topological polar surface area (TPSA) is 37.8 Å². The highest BCUT2D eigenvalue weighted by Crippen LogP contribution is 2.27. The summed E-state index contributed by atoms with van der Waals surface area (Å²) in [6, 6.07) is 0.624. The van der Waals surface area contributed by atoms with Crippen LogP contribution >= 0.6 is 11.5 Å². The Balaban J connectivity index is 1.74. The van der Waals surface area contributed by atoms with E-state index in [0.29, 0.717) is 6.04 Å². The molecule has 0 spiro atoms. The summed E-state index contributed by atoms with van der Waals surface area (Å²) in [6.07, 6.45) is 5.61. The normalized spacial score (nSPS) is 20.1. The highest BCUT2D eigenvalue weighted by molar-refractivity contribution is 7.03. The molecule has 1 aromatic heterocycles. The summed E-state index contributed by atoms with van der Waals surface area (Å²) < 4.78 is 3.85. The van der Waals surface area contributed by atoms with Crippen molar-refractivity contribution < 1.29 is 0 Å². The molecule has 1 aromatic rings. The van der Waals surface area contributed by atoms with Crippen LogP contribution < -0.4 is 5.32 Å². The summed E-state index contributed by atoms with van der Waals surface area (Å²) >= 11 is 1.42. The standard InChI is InChI=1S/C10H17N3S/c1-8(9-4-2-3-5-9)11-6-10-7-14-13-12-10/h7-9,11H,2-6H2,1H3. The summed E-state index contributed by atoms with van der Waals surface area (Å²) in [4.78, 5) is 0. The maximum atomic E-state index is 4.02. The second-order valence-electron chi connectivity index (χ2n) is 4.11. The maximum Gasteiger partial charge on any atom is 0.0893 e. The molecule has 14 heavy (non-hydrogen) atoms. The van der Waals surface area contributed by atoms with Gasteiger partial charge in [0.1, 0.15) is 0 Å². The van der Waals surface area contributed by atoms with Crippen LogP contribution in [0, 0.1) is 5.92 Å². The van der Waals surface area contributed by atoms with E-state index < -0.39 is 0 Å². The Labute approximate surface area is 89.1 Å². The highest BCUT2D eigenvalue weighted by atomic mass is 32.1. The number of nitrogens with one attached hydrogen (secondary N) is 1. The van der Waals surface area contributed by atoms with Gasteiger partial charge >= 0.3 is 0 Å². The van der Waals surface area contributed by atoms with Gasteiger partial charge in [0, 0.05) is 18.0 Å². The molecule has 1 heterocycles. The van der Waals surface area contributed by atoms with Gasteiger partial charge in [-0.15, -0.1) is 5.10 Å². The Morgan fingerprint density at radius 2 is 2.36 bits per heavy atom. The number of rotatable bonds is 4. The van der Waals surface area contributed by atoms with E-state index >= 15 is 0 Å². The predicted octanol–water partition coefficient (Wildman–Crippen LogP) is 2.21. The highest BCUT2D eigenvalue weighted by Gasteiger charge is 2.20. The SMILES string of the molecule is CC(NCc1csnn1)C1CCCC1. The average molecular weight is 211 g/mol. The van der Waals surface area contributed by atoms with Gasteiger partial charge in [0.2, 0.25) is 0 Å². The summed E-state index contributed by atoms with van der Waals surface area (Å²) in [7, 11) is 0. The van der Waals surface area contributed by atoms with Crippen LogP contribution in [0.5, 0.6) is 0 Å². The van der Waals surface area contributed by atoms with Crippen LogP contribution in [-0.2, 0) is 6.54 Å². The van der Waals surface area contributed by atoms with Crippen LogP contribution in [0.1, 0.15) is 38.3 Å². The zero-order valence-corrected chi connectivity index (χ0v) is 9.39. The Morgan fingerprint density at radius 3 is 3.00 bits per heavy atom. The summed E-state index contributed by atoms with van der Waals surface area (Å²) in [5, 5.41) is 9.56. The molecule has 0 aromatic carbocycles. The number of nitrogens with zero attached hydrogens (tertiary/aromatic N) is 2. The average Bonchev–Trinajstić information content (AvgIpc) is 2.87. The van der Waals surface area contributed by atoms with Crippen molar-refractivity contribution in [3.63, 3.8) is 0 Å². The molecule has 1 saturated carbocycles. The second kappa shape index (κ2) is 4.84. The number of hydrogen-bond donors (Lipinski definition) is 1. The van der Waals surface area contributed by atoms with E-state index in [1.54, 1.807) is 0 Å². The van der Waals surface area contributed by atoms with Gasteiger partial charge < -0.3 is 5.32 Å². The Morgan fingerprint density at radius 1 is 1.57 bits per heavy atom. The van der Waals surface area contributed by atoms with Crippen molar-refractivity contribution in [2.75, 3.05) is 0 Å². The van der Waals surface area contributed by atoms with Crippen molar-refractivity contribution in [1.29, 1.82) is 0 Å². The zero-order chi connectivity index (χ0) is 9.80. The molecule has 1 fully saturated rings. The second-order valence-corrected chi connectivity index (χ2v) is 4.72. The van der Waals surface area contributed by atoms with Crippen molar-refractivity contribution in [3.05, 3.63) is 11.1 Å². The van der Waals surface area contributed by atoms with E-state index in [4.69, 9.17) is 0 Å². The van der Waals surface area contributed by atoms with Gasteiger partial charge in [-0.2, -0.15) is 0 Å². The van der Waals surface area contributed by atoms with Crippen molar-refractivity contribution in [2.45, 2.75) is 45.2 Å². The van der Waals surface area contributed by atoms with Crippen LogP contribution in [-0.4, -0.2) is 15.6 Å². The lowest BCUT2D eigenvalue weighted by Crippen LogP contribution is -2.31. The van der Waals surface area contributed by atoms with E-state index in [2.05, 4.69) is 21.8 Å². The van der Waals surface area contributed by atoms with E-state index in [1.807, 2.05) is 5.38 Å². The maximum absolute atomic E-state index is 4.02. The quantitative estimate of drug-likeness (QED) is 0.829. The van der Waals surface area contributed by atoms with Crippen molar-refractivity contribution in [1.82, 2.24) is 14.9 Å². The largest absolute Gasteiger partial charge is 0.308 e. The minimum absolute atomic E-state index is 0.624. The van der Waals surface area contributed by atoms with E-state index in [1.165, 1.54) is 37.2 Å². The van der Waals surface area contributed by atoms with Gasteiger partial charge in [0.25, 0.3) is 0 Å². The lowest BCUT2D eigenvalue weighted by atomic mass is 10.00. The van der Waals surface area contributed by atoms with Gasteiger partial charge in [-0.25, -0.2) is 0 Å². The lowest BCUT2D eigenvalue weighted by molar-refractivity contribution is 0.379. The molecule has 1 aliphatic rings. The fourth-order valence-electron chi connectivity index (χ4n) is 2.15. The molecule has 0 radical (unpaired) electrons. The van der Waals surface area contributed by atoms with E-state index in [-0.39, 0.29) is 0 Å². The molecule has 1 N–H and O–H groups in total. The molecule has 1 aliphatic carbocycles. The predicted molar refractivity (Wildman–Crippen MR) is 58.2 cm³/mol. The molecule has 0 bridgehead atoms. The Hall–Kier alpha value is -0.480. The minimum Gasteiger partial charge on any atom is -0.308 e. The molecular formula is C10H17N3S. The van der Waals surface area contributed by atoms with Crippen LogP contribution in [0.15, 0.2) is 5.38 Å². The Kier molecular flexibility index (Phi) is 3.48. The van der Waals surface area contributed by atoms with Crippen molar-refractivity contribution in [2.24, 2.45) is 5.92 Å². The molecule has 0 aliphatic heterocycles. The van der Waals surface area contributed by atoms with Gasteiger partial charge in [-0.05, 0) is 37.2 Å². The first-order valence-electron chi connectivity index (χ1n) is 5.35. The third-order valence-electron chi connectivity index (χ3n) is 3.12. The smallest absolute Gasteiger partial charge is 0.0893 e. The van der Waals surface area contributed by atoms with E-state index in [0.717, 1.165) is 18.2 Å². The first kappa shape index (κ1) is 10.1. The van der Waals surface area contributed by atoms with Gasteiger partial charge in [0.15, 0.2) is 0 Å². The van der Waals surface area contributed by atoms with Crippen molar-refractivity contribution in [3.8, 4) is 0 Å². The molecule has 1 atom stereocenters. The molecule has 0 saturated heterocycles. The lowest BCUT2D eigenvalue weighted by Gasteiger charge is -2.19. The van der Waals surface area contributed by atoms with Crippen LogP contribution in [0.2, 0.25) is 0 Å². The molecule has 2 rings (SSSR count). The number of aromatic nitrogens is 2. The third kappa shape index (κ3) is 2.51. The molecule has 1 unspecified atom stereocenters. The van der Waals surface area contributed by atoms with Crippen molar-refractivity contribution >= 4 is 11.5 Å². The molecule has 3 nitrogen and oxygen atoms in total. The molecule has 0 amide bonds. The van der Waals surface area contributed by atoms with Gasteiger partial charge in [-0.3, -0.25) is 0 Å². The third-order valence-corrected chi connectivity index (χ3v) is 3.67. The first-order chi connectivity index (χ1) is 6.86. The summed E-state index contributed by atoms with van der Waals surface area (Å²) in [5.74, 6) is 0.876. The van der Waals surface area contributed by atoms with Gasteiger partial charge in [-0.1, -0.05) is 17.3 Å². The van der Waals surface area contributed by atoms with Crippen LogP contribution in [0.25, 0.3) is 0 Å². The van der Waals surface area contributed by atoms with Crippen LogP contribution in [0.4, 0.5) is 0 Å². The Bertz CT molecular complexity index is 254. The minimum atomic E-state index is 0.624. The van der Waals surface area contributed by atoms with E-state index in [9.17, 15) is 0 Å². The van der Waals surface area contributed by atoms with Crippen LogP contribution in [0.3, 0.4) is 0 Å². The summed E-state index contributed by atoms with van der Waals surface area (Å²) in [5.41, 5.74) is 1.07. The fraction of sp³-hybridized carbons (Fsp3) is 0.800. The number of hydrogen-bond acceptors (Lipinski definition) is 4. The fourth-order valence-corrected chi connectivity index (χ4v) is 2.60. The zero-order valence-electron chi connectivity index (χ0n) is 8.57. The molecule has 4 heteroatoms. The first-order valence-corrected chi connectivity index (χ1v) is 6.19. The molecule has 78 valence electrons. The monoisotopic (exact) mass is 211 g/mol. The summed E-state index contributed by atoms with van der Waals surface area (Å²) in [6.45, 7) is 3.16. The van der Waals surface area contributed by atoms with Gasteiger partial charge in [0.05, 0.1) is 5.69 Å². The molecular weight excluding hydrogens is 194 g/mol.